The molecule has 0 unspecified atom stereocenters. The fourth-order valence-corrected chi connectivity index (χ4v) is 2.90. The van der Waals surface area contributed by atoms with Gasteiger partial charge in [0, 0.05) is 6.04 Å². The van der Waals surface area contributed by atoms with Crippen LogP contribution >= 0.6 is 0 Å². The van der Waals surface area contributed by atoms with E-state index in [2.05, 4.69) is 11.9 Å². The van der Waals surface area contributed by atoms with E-state index in [4.69, 9.17) is 5.11 Å². The molecular weight excluding hydrogens is 230 g/mol. The Morgan fingerprint density at radius 2 is 1.83 bits per heavy atom. The second-order valence-corrected chi connectivity index (χ2v) is 5.57. The zero-order chi connectivity index (χ0) is 13.2. The highest BCUT2D eigenvalue weighted by Crippen LogP contribution is 2.42. The summed E-state index contributed by atoms with van der Waals surface area (Å²) < 4.78 is 0. The van der Waals surface area contributed by atoms with Crippen LogP contribution in [-0.4, -0.2) is 23.0 Å². The predicted octanol–water partition coefficient (Wildman–Crippen LogP) is 2.10. The van der Waals surface area contributed by atoms with Gasteiger partial charge >= 0.3 is 5.97 Å². The molecule has 2 fully saturated rings. The molecule has 2 aliphatic rings. The van der Waals surface area contributed by atoms with Crippen molar-refractivity contribution in [3.8, 4) is 0 Å². The predicted molar refractivity (Wildman–Crippen MR) is 68.0 cm³/mol. The van der Waals surface area contributed by atoms with E-state index < -0.39 is 5.97 Å². The highest BCUT2D eigenvalue weighted by atomic mass is 16.4. The summed E-state index contributed by atoms with van der Waals surface area (Å²) in [4.78, 5) is 23.0. The maximum absolute atomic E-state index is 12.2. The van der Waals surface area contributed by atoms with Gasteiger partial charge in [0.1, 0.15) is 0 Å². The topological polar surface area (TPSA) is 66.4 Å². The van der Waals surface area contributed by atoms with Crippen LogP contribution < -0.4 is 5.32 Å². The van der Waals surface area contributed by atoms with Crippen molar-refractivity contribution in [3.63, 3.8) is 0 Å². The number of aliphatic carboxylic acids is 1. The van der Waals surface area contributed by atoms with Crippen molar-refractivity contribution in [3.05, 3.63) is 12.7 Å². The Balaban J connectivity index is 1.83. The van der Waals surface area contributed by atoms with E-state index >= 15 is 0 Å². The van der Waals surface area contributed by atoms with Gasteiger partial charge in [-0.15, -0.1) is 6.58 Å². The van der Waals surface area contributed by atoms with Crippen LogP contribution in [-0.2, 0) is 9.59 Å². The molecule has 4 nitrogen and oxygen atoms in total. The molecule has 2 saturated carbocycles. The number of rotatable bonds is 4. The fraction of sp³-hybridized carbons (Fsp3) is 0.714. The van der Waals surface area contributed by atoms with Gasteiger partial charge in [-0.3, -0.25) is 9.59 Å². The monoisotopic (exact) mass is 251 g/mol. The number of hydrogen-bond acceptors (Lipinski definition) is 2. The van der Waals surface area contributed by atoms with Gasteiger partial charge in [0.25, 0.3) is 0 Å². The fourth-order valence-electron chi connectivity index (χ4n) is 2.90. The second-order valence-electron chi connectivity index (χ2n) is 5.57. The van der Waals surface area contributed by atoms with E-state index in [1.807, 2.05) is 0 Å². The number of hydrogen-bond donors (Lipinski definition) is 2. The van der Waals surface area contributed by atoms with E-state index in [9.17, 15) is 9.59 Å². The minimum absolute atomic E-state index is 0.0857. The molecule has 0 atom stereocenters. The average molecular weight is 251 g/mol. The number of amides is 1. The molecule has 2 aliphatic carbocycles. The lowest BCUT2D eigenvalue weighted by Gasteiger charge is -2.39. The van der Waals surface area contributed by atoms with Crippen LogP contribution in [0.2, 0.25) is 0 Å². The third kappa shape index (κ3) is 2.42. The third-order valence-corrected chi connectivity index (χ3v) is 4.50. The molecular formula is C14H21NO3. The van der Waals surface area contributed by atoms with Gasteiger partial charge in [-0.05, 0) is 38.5 Å². The quantitative estimate of drug-likeness (QED) is 0.752. The molecule has 0 aromatic heterocycles. The summed E-state index contributed by atoms with van der Waals surface area (Å²) in [6, 6.07) is 0.144. The van der Waals surface area contributed by atoms with Crippen molar-refractivity contribution < 1.29 is 14.7 Å². The van der Waals surface area contributed by atoms with E-state index in [1.54, 1.807) is 6.08 Å². The average Bonchev–Trinajstić information content (AvgIpc) is 2.29. The molecule has 2 rings (SSSR count). The molecule has 1 amide bonds. The van der Waals surface area contributed by atoms with E-state index in [0.29, 0.717) is 12.8 Å². The SMILES string of the molecule is C=CC1(C(=O)NC2CCC(C(=O)O)CC2)CCC1. The minimum atomic E-state index is -0.707. The lowest BCUT2D eigenvalue weighted by molar-refractivity contribution is -0.143. The maximum atomic E-state index is 12.2. The van der Waals surface area contributed by atoms with Gasteiger partial charge in [-0.1, -0.05) is 12.5 Å². The van der Waals surface area contributed by atoms with Crippen molar-refractivity contribution in [2.24, 2.45) is 11.3 Å². The molecule has 0 radical (unpaired) electrons. The largest absolute Gasteiger partial charge is 0.481 e. The number of nitrogens with one attached hydrogen (secondary N) is 1. The van der Waals surface area contributed by atoms with Crippen molar-refractivity contribution >= 4 is 11.9 Å². The molecule has 0 aromatic carbocycles. The Bertz CT molecular complexity index is 352. The van der Waals surface area contributed by atoms with Crippen molar-refractivity contribution in [1.82, 2.24) is 5.32 Å². The Labute approximate surface area is 107 Å². The molecule has 0 aromatic rings. The van der Waals surface area contributed by atoms with Gasteiger partial charge in [-0.2, -0.15) is 0 Å². The molecule has 2 N–H and O–H groups in total. The first kappa shape index (κ1) is 13.1. The highest BCUT2D eigenvalue weighted by molar-refractivity contribution is 5.85. The van der Waals surface area contributed by atoms with Crippen LogP contribution in [0.1, 0.15) is 44.9 Å². The van der Waals surface area contributed by atoms with Gasteiger partial charge < -0.3 is 10.4 Å². The number of carbonyl (C=O) groups excluding carboxylic acids is 1. The van der Waals surface area contributed by atoms with Crippen molar-refractivity contribution in [2.75, 3.05) is 0 Å². The second kappa shape index (κ2) is 5.12. The summed E-state index contributed by atoms with van der Waals surface area (Å²) in [6.07, 6.45) is 7.54. The van der Waals surface area contributed by atoms with E-state index in [-0.39, 0.29) is 23.3 Å². The Kier molecular flexibility index (Phi) is 3.73. The van der Waals surface area contributed by atoms with Crippen LogP contribution in [0.3, 0.4) is 0 Å². The van der Waals surface area contributed by atoms with Crippen LogP contribution in [0.15, 0.2) is 12.7 Å². The molecule has 0 saturated heterocycles. The normalized spacial score (nSPS) is 30.0. The van der Waals surface area contributed by atoms with Crippen molar-refractivity contribution in [1.29, 1.82) is 0 Å². The van der Waals surface area contributed by atoms with E-state index in [1.165, 1.54) is 0 Å². The first-order chi connectivity index (χ1) is 8.57. The zero-order valence-corrected chi connectivity index (χ0v) is 10.7. The van der Waals surface area contributed by atoms with Gasteiger partial charge in [0.05, 0.1) is 11.3 Å². The first-order valence-corrected chi connectivity index (χ1v) is 6.75. The maximum Gasteiger partial charge on any atom is 0.306 e. The standard InChI is InChI=1S/C14H21NO3/c1-2-14(8-3-9-14)13(18)15-11-6-4-10(5-7-11)12(16)17/h2,10-11H,1,3-9H2,(H,15,18)(H,16,17). The third-order valence-electron chi connectivity index (χ3n) is 4.50. The first-order valence-electron chi connectivity index (χ1n) is 6.75. The minimum Gasteiger partial charge on any atom is -0.481 e. The van der Waals surface area contributed by atoms with Crippen molar-refractivity contribution in [2.45, 2.75) is 51.0 Å². The van der Waals surface area contributed by atoms with Gasteiger partial charge in [0.15, 0.2) is 0 Å². The highest BCUT2D eigenvalue weighted by Gasteiger charge is 2.42. The van der Waals surface area contributed by atoms with Crippen LogP contribution in [0.4, 0.5) is 0 Å². The molecule has 0 bridgehead atoms. The lowest BCUT2D eigenvalue weighted by Crippen LogP contribution is -2.49. The molecule has 18 heavy (non-hydrogen) atoms. The van der Waals surface area contributed by atoms with Gasteiger partial charge in [-0.25, -0.2) is 0 Å². The zero-order valence-electron chi connectivity index (χ0n) is 10.7. The van der Waals surface area contributed by atoms with Gasteiger partial charge in [0.2, 0.25) is 5.91 Å². The van der Waals surface area contributed by atoms with Crippen LogP contribution in [0, 0.1) is 11.3 Å². The summed E-state index contributed by atoms with van der Waals surface area (Å²) in [7, 11) is 0. The van der Waals surface area contributed by atoms with E-state index in [0.717, 1.165) is 32.1 Å². The molecule has 0 aliphatic heterocycles. The number of carboxylic acids is 1. The summed E-state index contributed by atoms with van der Waals surface area (Å²) in [5.41, 5.74) is -0.344. The molecule has 4 heteroatoms. The molecule has 100 valence electrons. The molecule has 0 heterocycles. The number of carbonyl (C=O) groups is 2. The Hall–Kier alpha value is -1.32. The lowest BCUT2D eigenvalue weighted by atomic mass is 9.68. The summed E-state index contributed by atoms with van der Waals surface area (Å²) in [5.74, 6) is -0.848. The Morgan fingerprint density at radius 3 is 2.22 bits per heavy atom. The Morgan fingerprint density at radius 1 is 1.22 bits per heavy atom. The smallest absolute Gasteiger partial charge is 0.306 e. The summed E-state index contributed by atoms with van der Waals surface area (Å²) >= 11 is 0. The number of carboxylic acid groups (broad SMARTS) is 1. The summed E-state index contributed by atoms with van der Waals surface area (Å²) in [6.45, 7) is 3.77. The van der Waals surface area contributed by atoms with Crippen LogP contribution in [0.5, 0.6) is 0 Å². The molecule has 0 spiro atoms. The summed E-state index contributed by atoms with van der Waals surface area (Å²) in [5, 5.41) is 12.0. The van der Waals surface area contributed by atoms with Crippen LogP contribution in [0.25, 0.3) is 0 Å².